The van der Waals surface area contributed by atoms with E-state index in [0.717, 1.165) is 39.1 Å². The fraction of sp³-hybridized carbons (Fsp3) is 0.185. The number of hydrogen-bond donors (Lipinski definition) is 1. The normalized spacial score (nSPS) is 11.1. The highest BCUT2D eigenvalue weighted by Crippen LogP contribution is 2.38. The van der Waals surface area contributed by atoms with Gasteiger partial charge in [0.15, 0.2) is 0 Å². The second-order valence-electron chi connectivity index (χ2n) is 7.46. The lowest BCUT2D eigenvalue weighted by Gasteiger charge is -2.11. The van der Waals surface area contributed by atoms with Crippen LogP contribution in [0.4, 0.5) is 0 Å². The van der Waals surface area contributed by atoms with Crippen molar-refractivity contribution in [1.29, 1.82) is 0 Å². The first-order chi connectivity index (χ1) is 16.1. The summed E-state index contributed by atoms with van der Waals surface area (Å²) in [6.45, 7) is 2.13. The van der Waals surface area contributed by atoms with Crippen LogP contribution in [0.1, 0.15) is 30.4 Å². The zero-order valence-electron chi connectivity index (χ0n) is 18.9. The van der Waals surface area contributed by atoms with Gasteiger partial charge in [0.1, 0.15) is 18.1 Å². The van der Waals surface area contributed by atoms with Crippen LogP contribution < -0.4 is 9.47 Å². The van der Waals surface area contributed by atoms with E-state index in [9.17, 15) is 4.79 Å². The number of aliphatic carboxylic acids is 1. The molecule has 5 nitrogen and oxygen atoms in total. The summed E-state index contributed by atoms with van der Waals surface area (Å²) in [5.41, 5.74) is 3.97. The van der Waals surface area contributed by atoms with Crippen LogP contribution in [-0.2, 0) is 11.4 Å². The molecule has 34 heavy (non-hydrogen) atoms. The molecule has 2 aromatic carbocycles. The monoisotopic (exact) mass is 491 g/mol. The number of methoxy groups -OCH3 is 1. The van der Waals surface area contributed by atoms with Crippen LogP contribution in [-0.4, -0.2) is 23.2 Å². The molecule has 0 bridgehead atoms. The molecule has 1 N–H and O–H groups in total. The van der Waals surface area contributed by atoms with E-state index in [4.69, 9.17) is 14.6 Å². The van der Waals surface area contributed by atoms with Crippen LogP contribution in [0.25, 0.3) is 21.2 Å². The Morgan fingerprint density at radius 2 is 1.94 bits per heavy atom. The van der Waals surface area contributed by atoms with E-state index in [1.165, 1.54) is 4.70 Å². The molecule has 2 heterocycles. The van der Waals surface area contributed by atoms with Gasteiger partial charge >= 0.3 is 5.97 Å². The zero-order valence-corrected chi connectivity index (χ0v) is 20.7. The molecule has 4 aromatic rings. The SMILES string of the molecule is CC#C[C@@H](CC(=O)O)c1ccc(OCc2ccc3scc(-c4cnccc4OC)c3c2)cc1.S. The minimum Gasteiger partial charge on any atom is -0.496 e. The van der Waals surface area contributed by atoms with Gasteiger partial charge in [-0.2, -0.15) is 13.5 Å². The predicted octanol–water partition coefficient (Wildman–Crippen LogP) is 6.25. The summed E-state index contributed by atoms with van der Waals surface area (Å²) in [6.07, 6.45) is 3.53. The lowest BCUT2D eigenvalue weighted by Crippen LogP contribution is -2.04. The van der Waals surface area contributed by atoms with E-state index in [1.807, 2.05) is 36.5 Å². The zero-order chi connectivity index (χ0) is 23.2. The van der Waals surface area contributed by atoms with Crippen LogP contribution >= 0.6 is 24.8 Å². The van der Waals surface area contributed by atoms with E-state index in [2.05, 4.69) is 40.4 Å². The first kappa shape index (κ1) is 25.2. The summed E-state index contributed by atoms with van der Waals surface area (Å²) in [6, 6.07) is 15.6. The van der Waals surface area contributed by atoms with Crippen LogP contribution in [0.3, 0.4) is 0 Å². The van der Waals surface area contributed by atoms with Gasteiger partial charge < -0.3 is 14.6 Å². The highest BCUT2D eigenvalue weighted by Gasteiger charge is 2.14. The van der Waals surface area contributed by atoms with E-state index >= 15 is 0 Å². The number of pyridine rings is 1. The van der Waals surface area contributed by atoms with Crippen molar-refractivity contribution in [2.24, 2.45) is 0 Å². The van der Waals surface area contributed by atoms with E-state index in [1.54, 1.807) is 31.6 Å². The molecule has 0 radical (unpaired) electrons. The van der Waals surface area contributed by atoms with Crippen LogP contribution in [0.15, 0.2) is 66.3 Å². The summed E-state index contributed by atoms with van der Waals surface area (Å²) < 4.78 is 12.7. The molecule has 0 saturated carbocycles. The van der Waals surface area contributed by atoms with Crippen molar-refractivity contribution in [2.75, 3.05) is 7.11 Å². The van der Waals surface area contributed by atoms with Crippen molar-refractivity contribution in [3.05, 3.63) is 77.4 Å². The van der Waals surface area contributed by atoms with Crippen LogP contribution in [0.5, 0.6) is 11.5 Å². The highest BCUT2D eigenvalue weighted by molar-refractivity contribution is 7.59. The number of rotatable bonds is 8. The average Bonchev–Trinajstić information content (AvgIpc) is 3.25. The maximum Gasteiger partial charge on any atom is 0.304 e. The minimum absolute atomic E-state index is 0. The fourth-order valence-corrected chi connectivity index (χ4v) is 4.64. The number of benzene rings is 2. The number of thiophene rings is 1. The molecule has 0 aliphatic heterocycles. The van der Waals surface area contributed by atoms with Gasteiger partial charge in [-0.1, -0.05) is 24.1 Å². The molecule has 7 heteroatoms. The summed E-state index contributed by atoms with van der Waals surface area (Å²) in [4.78, 5) is 15.4. The van der Waals surface area contributed by atoms with E-state index in [-0.39, 0.29) is 25.8 Å². The molecule has 174 valence electrons. The van der Waals surface area contributed by atoms with Crippen molar-refractivity contribution in [1.82, 2.24) is 4.98 Å². The van der Waals surface area contributed by atoms with E-state index < -0.39 is 5.97 Å². The number of carbonyl (C=O) groups is 1. The summed E-state index contributed by atoms with van der Waals surface area (Å²) in [5.74, 6) is 6.10. The molecule has 2 aromatic heterocycles. The standard InChI is InChI=1S/C27H23NO4S.H2S/c1-3-4-20(14-27(29)30)19-6-8-21(9-7-19)32-16-18-5-10-26-22(13-18)24(17-33-26)23-15-28-12-11-25(23)31-2;/h5-13,15,17,20H,14,16H2,1-2H3,(H,29,30);1H2/t20-;/m0./s1. The topological polar surface area (TPSA) is 68.7 Å². The van der Waals surface area contributed by atoms with Crippen LogP contribution in [0.2, 0.25) is 0 Å². The van der Waals surface area contributed by atoms with Crippen LogP contribution in [0, 0.1) is 11.8 Å². The number of fused-ring (bicyclic) bond motifs is 1. The largest absolute Gasteiger partial charge is 0.496 e. The Bertz CT molecular complexity index is 1340. The van der Waals surface area contributed by atoms with Crippen molar-refractivity contribution in [2.45, 2.75) is 25.9 Å². The van der Waals surface area contributed by atoms with Gasteiger partial charge in [-0.3, -0.25) is 9.78 Å². The maximum atomic E-state index is 11.1. The molecule has 0 saturated heterocycles. The Hall–Kier alpha value is -3.47. The smallest absolute Gasteiger partial charge is 0.304 e. The maximum absolute atomic E-state index is 11.1. The van der Waals surface area contributed by atoms with Crippen molar-refractivity contribution >= 4 is 40.9 Å². The lowest BCUT2D eigenvalue weighted by atomic mass is 9.96. The predicted molar refractivity (Wildman–Crippen MR) is 141 cm³/mol. The second-order valence-corrected chi connectivity index (χ2v) is 8.37. The lowest BCUT2D eigenvalue weighted by molar-refractivity contribution is -0.137. The summed E-state index contributed by atoms with van der Waals surface area (Å²) >= 11 is 1.69. The Kier molecular flexibility index (Phi) is 8.58. The Balaban J connectivity index is 0.00000324. The number of ether oxygens (including phenoxy) is 2. The van der Waals surface area contributed by atoms with Gasteiger partial charge in [0, 0.05) is 33.6 Å². The summed E-state index contributed by atoms with van der Waals surface area (Å²) in [5, 5.41) is 12.4. The molecule has 0 spiro atoms. The fourth-order valence-electron chi connectivity index (χ4n) is 3.70. The van der Waals surface area contributed by atoms with Gasteiger partial charge in [0.2, 0.25) is 0 Å². The summed E-state index contributed by atoms with van der Waals surface area (Å²) in [7, 11) is 1.66. The van der Waals surface area contributed by atoms with Gasteiger partial charge in [-0.25, -0.2) is 0 Å². The van der Waals surface area contributed by atoms with Crippen molar-refractivity contribution < 1.29 is 19.4 Å². The number of aromatic nitrogens is 1. The molecule has 0 amide bonds. The van der Waals surface area contributed by atoms with Gasteiger partial charge in [-0.05, 0) is 53.8 Å². The first-order valence-electron chi connectivity index (χ1n) is 10.4. The number of carboxylic acid groups (broad SMARTS) is 1. The quantitative estimate of drug-likeness (QED) is 0.295. The van der Waals surface area contributed by atoms with E-state index in [0.29, 0.717) is 6.61 Å². The average molecular weight is 492 g/mol. The second kappa shape index (κ2) is 11.6. The molecule has 4 rings (SSSR count). The molecule has 0 aliphatic rings. The Labute approximate surface area is 209 Å². The molecule has 1 atom stereocenters. The van der Waals surface area contributed by atoms with Gasteiger partial charge in [0.25, 0.3) is 0 Å². The highest BCUT2D eigenvalue weighted by atomic mass is 32.1. The third-order valence-electron chi connectivity index (χ3n) is 5.31. The Morgan fingerprint density at radius 1 is 1.15 bits per heavy atom. The Morgan fingerprint density at radius 3 is 2.65 bits per heavy atom. The van der Waals surface area contributed by atoms with Crippen molar-refractivity contribution in [3.63, 3.8) is 0 Å². The van der Waals surface area contributed by atoms with Gasteiger partial charge in [0.05, 0.1) is 19.4 Å². The molecule has 0 fully saturated rings. The third kappa shape index (κ3) is 5.71. The van der Waals surface area contributed by atoms with Gasteiger partial charge in [-0.15, -0.1) is 17.3 Å². The molecular weight excluding hydrogens is 466 g/mol. The molecule has 0 unspecified atom stereocenters. The first-order valence-corrected chi connectivity index (χ1v) is 11.3. The molecular formula is C27H25NO4S2. The minimum atomic E-state index is -0.866. The molecule has 0 aliphatic carbocycles. The number of nitrogens with zero attached hydrogens (tertiary/aromatic N) is 1. The number of hydrogen-bond acceptors (Lipinski definition) is 5. The third-order valence-corrected chi connectivity index (χ3v) is 6.28. The van der Waals surface area contributed by atoms with Crippen molar-refractivity contribution in [3.8, 4) is 34.5 Å². The number of carboxylic acids is 1.